The molecule has 0 aromatic heterocycles. The first-order chi connectivity index (χ1) is 8.82. The molecule has 0 aliphatic carbocycles. The number of anilines is 1. The van der Waals surface area contributed by atoms with Crippen LogP contribution in [0.1, 0.15) is 24.2 Å². The van der Waals surface area contributed by atoms with Crippen molar-refractivity contribution >= 4 is 23.5 Å². The standard InChI is InChI=1S/C13H15NO5/c1-7(8(2)12(16)17)11(15)14-10-5-3-9(4-6-10)13(18)19/h3-8H,1-2H3,(H,14,15)(H,16,17)(H,18,19). The van der Waals surface area contributed by atoms with Crippen molar-refractivity contribution in [1.29, 1.82) is 0 Å². The second-order valence-corrected chi connectivity index (χ2v) is 4.29. The fraction of sp³-hybridized carbons (Fsp3) is 0.308. The van der Waals surface area contributed by atoms with Gasteiger partial charge in [0.15, 0.2) is 0 Å². The highest BCUT2D eigenvalue weighted by atomic mass is 16.4. The van der Waals surface area contributed by atoms with Gasteiger partial charge < -0.3 is 15.5 Å². The minimum absolute atomic E-state index is 0.116. The molecule has 0 aliphatic heterocycles. The summed E-state index contributed by atoms with van der Waals surface area (Å²) in [5.41, 5.74) is 0.546. The predicted octanol–water partition coefficient (Wildman–Crippen LogP) is 1.68. The second-order valence-electron chi connectivity index (χ2n) is 4.29. The number of aromatic carboxylic acids is 1. The maximum absolute atomic E-state index is 11.8. The Labute approximate surface area is 110 Å². The number of carboxylic acids is 2. The zero-order valence-electron chi connectivity index (χ0n) is 10.6. The van der Waals surface area contributed by atoms with Gasteiger partial charge in [-0.3, -0.25) is 9.59 Å². The summed E-state index contributed by atoms with van der Waals surface area (Å²) in [6, 6.07) is 5.64. The van der Waals surface area contributed by atoms with Crippen LogP contribution >= 0.6 is 0 Å². The number of carboxylic acid groups (broad SMARTS) is 2. The first kappa shape index (κ1) is 14.7. The van der Waals surface area contributed by atoms with E-state index in [4.69, 9.17) is 10.2 Å². The molecular weight excluding hydrogens is 250 g/mol. The molecule has 2 atom stereocenters. The van der Waals surface area contributed by atoms with Gasteiger partial charge in [0.25, 0.3) is 0 Å². The van der Waals surface area contributed by atoms with Crippen LogP contribution in [0.2, 0.25) is 0 Å². The number of hydrogen-bond acceptors (Lipinski definition) is 3. The number of aliphatic carboxylic acids is 1. The minimum atomic E-state index is -1.05. The molecule has 0 fully saturated rings. The first-order valence-corrected chi connectivity index (χ1v) is 5.70. The van der Waals surface area contributed by atoms with Gasteiger partial charge in [-0.15, -0.1) is 0 Å². The largest absolute Gasteiger partial charge is 0.481 e. The van der Waals surface area contributed by atoms with Crippen molar-refractivity contribution in [3.63, 3.8) is 0 Å². The monoisotopic (exact) mass is 265 g/mol. The van der Waals surface area contributed by atoms with E-state index in [1.165, 1.54) is 38.1 Å². The number of benzene rings is 1. The maximum Gasteiger partial charge on any atom is 0.335 e. The molecule has 0 aliphatic rings. The average Bonchev–Trinajstić information content (AvgIpc) is 2.37. The van der Waals surface area contributed by atoms with Gasteiger partial charge in [-0.2, -0.15) is 0 Å². The van der Waals surface area contributed by atoms with Gasteiger partial charge in [0.1, 0.15) is 0 Å². The zero-order valence-corrected chi connectivity index (χ0v) is 10.6. The van der Waals surface area contributed by atoms with Crippen LogP contribution in [0.15, 0.2) is 24.3 Å². The van der Waals surface area contributed by atoms with E-state index in [1.807, 2.05) is 0 Å². The number of carbonyl (C=O) groups is 3. The van der Waals surface area contributed by atoms with Crippen molar-refractivity contribution in [3.8, 4) is 0 Å². The number of amides is 1. The molecule has 1 rings (SSSR count). The molecule has 6 nitrogen and oxygen atoms in total. The molecule has 0 heterocycles. The summed E-state index contributed by atoms with van der Waals surface area (Å²) in [5.74, 6) is -3.98. The van der Waals surface area contributed by atoms with E-state index in [2.05, 4.69) is 5.32 Å². The molecule has 0 saturated heterocycles. The number of hydrogen-bond donors (Lipinski definition) is 3. The average molecular weight is 265 g/mol. The molecule has 6 heteroatoms. The molecule has 1 aromatic rings. The fourth-order valence-corrected chi connectivity index (χ4v) is 1.39. The lowest BCUT2D eigenvalue weighted by molar-refractivity contribution is -0.145. The quantitative estimate of drug-likeness (QED) is 0.751. The summed E-state index contributed by atoms with van der Waals surface area (Å²) >= 11 is 0. The normalized spacial score (nSPS) is 13.4. The van der Waals surface area contributed by atoms with Crippen LogP contribution in [0.25, 0.3) is 0 Å². The Morgan fingerprint density at radius 2 is 1.53 bits per heavy atom. The molecule has 19 heavy (non-hydrogen) atoms. The van der Waals surface area contributed by atoms with Gasteiger partial charge >= 0.3 is 11.9 Å². The summed E-state index contributed by atoms with van der Waals surface area (Å²) in [7, 11) is 0. The number of nitrogens with one attached hydrogen (secondary N) is 1. The van der Waals surface area contributed by atoms with Crippen LogP contribution < -0.4 is 5.32 Å². The third-order valence-corrected chi connectivity index (χ3v) is 2.95. The van der Waals surface area contributed by atoms with Gasteiger partial charge in [0, 0.05) is 11.6 Å². The topological polar surface area (TPSA) is 104 Å². The fourth-order valence-electron chi connectivity index (χ4n) is 1.39. The molecule has 0 radical (unpaired) electrons. The lowest BCUT2D eigenvalue weighted by Crippen LogP contribution is -2.29. The predicted molar refractivity (Wildman–Crippen MR) is 68.0 cm³/mol. The van der Waals surface area contributed by atoms with Crippen molar-refractivity contribution in [2.75, 3.05) is 5.32 Å². The highest BCUT2D eigenvalue weighted by Crippen LogP contribution is 2.15. The van der Waals surface area contributed by atoms with Crippen molar-refractivity contribution in [2.24, 2.45) is 11.8 Å². The molecule has 0 bridgehead atoms. The zero-order chi connectivity index (χ0) is 14.6. The minimum Gasteiger partial charge on any atom is -0.481 e. The van der Waals surface area contributed by atoms with E-state index < -0.39 is 29.7 Å². The van der Waals surface area contributed by atoms with Crippen molar-refractivity contribution < 1.29 is 24.6 Å². The maximum atomic E-state index is 11.8. The van der Waals surface area contributed by atoms with Crippen molar-refractivity contribution in [3.05, 3.63) is 29.8 Å². The Bertz CT molecular complexity index is 494. The van der Waals surface area contributed by atoms with E-state index >= 15 is 0 Å². The Morgan fingerprint density at radius 1 is 1.00 bits per heavy atom. The molecule has 0 saturated carbocycles. The Balaban J connectivity index is 2.71. The Kier molecular flexibility index (Phi) is 4.63. The number of rotatable bonds is 5. The van der Waals surface area contributed by atoms with Crippen LogP contribution in [0, 0.1) is 11.8 Å². The summed E-state index contributed by atoms with van der Waals surface area (Å²) in [4.78, 5) is 33.2. The van der Waals surface area contributed by atoms with Crippen LogP contribution in [0.5, 0.6) is 0 Å². The molecule has 102 valence electrons. The van der Waals surface area contributed by atoms with E-state index in [0.29, 0.717) is 5.69 Å². The van der Waals surface area contributed by atoms with Crippen molar-refractivity contribution in [2.45, 2.75) is 13.8 Å². The van der Waals surface area contributed by atoms with Gasteiger partial charge in [-0.05, 0) is 24.3 Å². The highest BCUT2D eigenvalue weighted by molar-refractivity contribution is 5.95. The molecule has 1 aromatic carbocycles. The molecular formula is C13H15NO5. The van der Waals surface area contributed by atoms with E-state index in [-0.39, 0.29) is 5.56 Å². The van der Waals surface area contributed by atoms with E-state index in [0.717, 1.165) is 0 Å². The number of carbonyl (C=O) groups excluding carboxylic acids is 1. The molecule has 0 spiro atoms. The second kappa shape index (κ2) is 5.99. The summed E-state index contributed by atoms with van der Waals surface area (Å²) < 4.78 is 0. The lowest BCUT2D eigenvalue weighted by Gasteiger charge is -2.15. The van der Waals surface area contributed by atoms with Crippen LogP contribution in [0.4, 0.5) is 5.69 Å². The van der Waals surface area contributed by atoms with E-state index in [1.54, 1.807) is 0 Å². The lowest BCUT2D eigenvalue weighted by atomic mass is 9.95. The molecule has 2 unspecified atom stereocenters. The molecule has 1 amide bonds. The molecule has 3 N–H and O–H groups in total. The van der Waals surface area contributed by atoms with Crippen LogP contribution in [-0.2, 0) is 9.59 Å². The smallest absolute Gasteiger partial charge is 0.335 e. The van der Waals surface area contributed by atoms with E-state index in [9.17, 15) is 14.4 Å². The summed E-state index contributed by atoms with van der Waals surface area (Å²) in [6.07, 6.45) is 0. The third kappa shape index (κ3) is 3.80. The SMILES string of the molecule is CC(C(=O)O)C(C)C(=O)Nc1ccc(C(=O)O)cc1. The first-order valence-electron chi connectivity index (χ1n) is 5.70. The highest BCUT2D eigenvalue weighted by Gasteiger charge is 2.25. The Hall–Kier alpha value is -2.37. The third-order valence-electron chi connectivity index (χ3n) is 2.95. The Morgan fingerprint density at radius 3 is 1.95 bits per heavy atom. The van der Waals surface area contributed by atoms with Gasteiger partial charge in [0.2, 0.25) is 5.91 Å². The van der Waals surface area contributed by atoms with Gasteiger partial charge in [-0.1, -0.05) is 13.8 Å². The van der Waals surface area contributed by atoms with Crippen LogP contribution in [0.3, 0.4) is 0 Å². The summed E-state index contributed by atoms with van der Waals surface area (Å²) in [6.45, 7) is 2.99. The van der Waals surface area contributed by atoms with Gasteiger partial charge in [0.05, 0.1) is 11.5 Å². The summed E-state index contributed by atoms with van der Waals surface area (Å²) in [5, 5.41) is 20.1. The van der Waals surface area contributed by atoms with Gasteiger partial charge in [-0.25, -0.2) is 4.79 Å². The van der Waals surface area contributed by atoms with Crippen molar-refractivity contribution in [1.82, 2.24) is 0 Å². The van der Waals surface area contributed by atoms with Crippen LogP contribution in [-0.4, -0.2) is 28.1 Å².